The fraction of sp³-hybridized carbons (Fsp3) is 0.333. The molecule has 0 radical (unpaired) electrons. The number of nitrogens with one attached hydrogen (secondary N) is 1. The van der Waals surface area contributed by atoms with Crippen molar-refractivity contribution in [2.75, 3.05) is 12.8 Å². The van der Waals surface area contributed by atoms with E-state index in [9.17, 15) is 17.9 Å². The fourth-order valence-electron chi connectivity index (χ4n) is 2.07. The highest BCUT2D eigenvalue weighted by Crippen LogP contribution is 2.21. The van der Waals surface area contributed by atoms with Gasteiger partial charge in [0.05, 0.1) is 6.26 Å². The van der Waals surface area contributed by atoms with Gasteiger partial charge in [-0.1, -0.05) is 6.07 Å². The van der Waals surface area contributed by atoms with Crippen molar-refractivity contribution in [1.29, 1.82) is 0 Å². The molecule has 0 aliphatic rings. The van der Waals surface area contributed by atoms with Gasteiger partial charge >= 0.3 is 0 Å². The normalized spacial score (nSPS) is 14.7. The van der Waals surface area contributed by atoms with Crippen LogP contribution in [-0.2, 0) is 9.84 Å². The van der Waals surface area contributed by atoms with Crippen LogP contribution in [0.25, 0.3) is 0 Å². The molecule has 0 unspecified atom stereocenters. The van der Waals surface area contributed by atoms with Crippen molar-refractivity contribution in [2.45, 2.75) is 24.0 Å². The largest absolute Gasteiger partial charge is 0.467 e. The van der Waals surface area contributed by atoms with E-state index in [-0.39, 0.29) is 17.5 Å². The minimum atomic E-state index is -3.58. The molecule has 2 aromatic rings. The van der Waals surface area contributed by atoms with Gasteiger partial charge < -0.3 is 14.8 Å². The second kappa shape index (κ2) is 6.60. The van der Waals surface area contributed by atoms with Gasteiger partial charge in [0.1, 0.15) is 22.6 Å². The number of rotatable bonds is 6. The molecule has 1 heterocycles. The number of furan rings is 1. The number of hydrogen-bond acceptors (Lipinski definition) is 5. The molecule has 0 bridgehead atoms. The van der Waals surface area contributed by atoms with E-state index in [0.717, 1.165) is 6.26 Å². The third-order valence-corrected chi connectivity index (χ3v) is 4.47. The minimum Gasteiger partial charge on any atom is -0.467 e. The zero-order valence-electron chi connectivity index (χ0n) is 12.3. The van der Waals surface area contributed by atoms with E-state index >= 15 is 0 Å². The molecular formula is C15H18FNO4S. The number of sulfone groups is 1. The number of benzene rings is 1. The lowest BCUT2D eigenvalue weighted by Gasteiger charge is -2.17. The molecule has 1 aromatic heterocycles. The predicted octanol–water partition coefficient (Wildman–Crippen LogP) is 2.21. The summed E-state index contributed by atoms with van der Waals surface area (Å²) >= 11 is 0. The first kappa shape index (κ1) is 16.7. The highest BCUT2D eigenvalue weighted by molar-refractivity contribution is 7.90. The second-order valence-corrected chi connectivity index (χ2v) is 7.11. The van der Waals surface area contributed by atoms with Crippen molar-refractivity contribution in [3.8, 4) is 0 Å². The van der Waals surface area contributed by atoms with Crippen LogP contribution in [0.3, 0.4) is 0 Å². The minimum absolute atomic E-state index is 0.226. The Morgan fingerprint density at radius 3 is 2.64 bits per heavy atom. The zero-order valence-corrected chi connectivity index (χ0v) is 13.1. The van der Waals surface area contributed by atoms with Crippen LogP contribution in [-0.4, -0.2) is 26.3 Å². The molecule has 22 heavy (non-hydrogen) atoms. The first-order valence-corrected chi connectivity index (χ1v) is 8.62. The maximum Gasteiger partial charge on any atom is 0.178 e. The van der Waals surface area contributed by atoms with Gasteiger partial charge in [-0.15, -0.1) is 0 Å². The molecule has 0 saturated heterocycles. The van der Waals surface area contributed by atoms with Gasteiger partial charge in [0.2, 0.25) is 0 Å². The summed E-state index contributed by atoms with van der Waals surface area (Å²) in [7, 11) is -3.58. The van der Waals surface area contributed by atoms with Crippen LogP contribution in [0.5, 0.6) is 0 Å². The average Bonchev–Trinajstić information content (AvgIpc) is 2.97. The molecule has 120 valence electrons. The maximum absolute atomic E-state index is 13.9. The molecule has 2 N–H and O–H groups in total. The monoisotopic (exact) mass is 327 g/mol. The van der Waals surface area contributed by atoms with E-state index in [1.807, 2.05) is 0 Å². The Morgan fingerprint density at radius 2 is 2.09 bits per heavy atom. The van der Waals surface area contributed by atoms with E-state index < -0.39 is 21.8 Å². The van der Waals surface area contributed by atoms with Crippen molar-refractivity contribution in [3.05, 3.63) is 53.7 Å². The first-order valence-electron chi connectivity index (χ1n) is 6.73. The molecule has 2 atom stereocenters. The van der Waals surface area contributed by atoms with E-state index in [1.54, 1.807) is 25.1 Å². The predicted molar refractivity (Wildman–Crippen MR) is 79.6 cm³/mol. The lowest BCUT2D eigenvalue weighted by molar-refractivity contribution is 0.144. The van der Waals surface area contributed by atoms with Crippen LogP contribution in [0.15, 0.2) is 45.9 Å². The van der Waals surface area contributed by atoms with Gasteiger partial charge in [0.25, 0.3) is 0 Å². The quantitative estimate of drug-likeness (QED) is 0.850. The van der Waals surface area contributed by atoms with E-state index in [4.69, 9.17) is 4.42 Å². The van der Waals surface area contributed by atoms with E-state index in [0.29, 0.717) is 11.3 Å². The topological polar surface area (TPSA) is 79.5 Å². The van der Waals surface area contributed by atoms with Crippen molar-refractivity contribution < 1.29 is 22.3 Å². The second-order valence-electron chi connectivity index (χ2n) is 5.12. The van der Waals surface area contributed by atoms with Crippen LogP contribution in [0.1, 0.15) is 30.4 Å². The number of aliphatic hydroxyl groups excluding tert-OH is 1. The van der Waals surface area contributed by atoms with Gasteiger partial charge in [-0.3, -0.25) is 0 Å². The fourth-order valence-corrected chi connectivity index (χ4v) is 2.80. The van der Waals surface area contributed by atoms with E-state index in [1.165, 1.54) is 18.4 Å². The number of aliphatic hydroxyl groups is 1. The third kappa shape index (κ3) is 3.94. The van der Waals surface area contributed by atoms with Crippen LogP contribution in [0, 0.1) is 5.82 Å². The van der Waals surface area contributed by atoms with E-state index in [2.05, 4.69) is 5.32 Å². The van der Waals surface area contributed by atoms with Crippen LogP contribution in [0.2, 0.25) is 0 Å². The SMILES string of the molecule is C[C@@H](NC[C@@H](O)c1ccco1)c1ccc(S(C)(=O)=O)c(F)c1. The van der Waals surface area contributed by atoms with Gasteiger partial charge in [-0.25, -0.2) is 12.8 Å². The first-order chi connectivity index (χ1) is 10.3. The molecule has 2 rings (SSSR count). The Balaban J connectivity index is 2.04. The molecule has 0 spiro atoms. The Bertz CT molecular complexity index is 728. The third-order valence-electron chi connectivity index (χ3n) is 3.34. The molecule has 0 aliphatic heterocycles. The smallest absolute Gasteiger partial charge is 0.178 e. The van der Waals surface area contributed by atoms with Crippen molar-refractivity contribution in [3.63, 3.8) is 0 Å². The summed E-state index contributed by atoms with van der Waals surface area (Å²) in [6.07, 6.45) is 1.63. The van der Waals surface area contributed by atoms with Gasteiger partial charge in [-0.05, 0) is 36.8 Å². The van der Waals surface area contributed by atoms with Crippen molar-refractivity contribution in [1.82, 2.24) is 5.32 Å². The van der Waals surface area contributed by atoms with Gasteiger partial charge in [0, 0.05) is 18.8 Å². The Hall–Kier alpha value is -1.70. The summed E-state index contributed by atoms with van der Waals surface area (Å²) in [4.78, 5) is -0.320. The molecule has 7 heteroatoms. The molecular weight excluding hydrogens is 309 g/mol. The molecule has 1 aromatic carbocycles. The van der Waals surface area contributed by atoms with Crippen molar-refractivity contribution in [2.24, 2.45) is 0 Å². The maximum atomic E-state index is 13.9. The lowest BCUT2D eigenvalue weighted by atomic mass is 10.1. The molecule has 5 nitrogen and oxygen atoms in total. The summed E-state index contributed by atoms with van der Waals surface area (Å²) in [5.74, 6) is -0.335. The molecule has 0 saturated carbocycles. The Labute approximate surface area is 128 Å². The van der Waals surface area contributed by atoms with Crippen molar-refractivity contribution >= 4 is 9.84 Å². The summed E-state index contributed by atoms with van der Waals surface area (Å²) in [6, 6.07) is 7.08. The van der Waals surface area contributed by atoms with Gasteiger partial charge in [0.15, 0.2) is 9.84 Å². The Kier molecular flexibility index (Phi) is 5.00. The lowest BCUT2D eigenvalue weighted by Crippen LogP contribution is -2.24. The summed E-state index contributed by atoms with van der Waals surface area (Å²) in [5, 5.41) is 12.9. The highest BCUT2D eigenvalue weighted by atomic mass is 32.2. The number of hydrogen-bond donors (Lipinski definition) is 2. The van der Waals surface area contributed by atoms with Crippen LogP contribution < -0.4 is 5.32 Å². The summed E-state index contributed by atoms with van der Waals surface area (Å²) in [6.45, 7) is 2.02. The molecule has 0 amide bonds. The molecule has 0 aliphatic carbocycles. The standard InChI is InChI=1S/C15H18FNO4S/c1-10(17-9-13(18)14-4-3-7-21-14)11-5-6-15(12(16)8-11)22(2,19)20/h3-8,10,13,17-18H,9H2,1-2H3/t10-,13-/m1/s1. The number of halogens is 1. The summed E-state index contributed by atoms with van der Waals surface area (Å²) in [5.41, 5.74) is 0.594. The molecule has 0 fully saturated rings. The summed E-state index contributed by atoms with van der Waals surface area (Å²) < 4.78 is 41.7. The van der Waals surface area contributed by atoms with Crippen LogP contribution >= 0.6 is 0 Å². The Morgan fingerprint density at radius 1 is 1.36 bits per heavy atom. The highest BCUT2D eigenvalue weighted by Gasteiger charge is 2.17. The average molecular weight is 327 g/mol. The van der Waals surface area contributed by atoms with Gasteiger partial charge in [-0.2, -0.15) is 0 Å². The zero-order chi connectivity index (χ0) is 16.3. The van der Waals surface area contributed by atoms with Crippen LogP contribution in [0.4, 0.5) is 4.39 Å².